The number of hydrogen-bond donors (Lipinski definition) is 0. The summed E-state index contributed by atoms with van der Waals surface area (Å²) in [6.45, 7) is 4.54. The van der Waals surface area contributed by atoms with E-state index in [1.807, 2.05) is 17.5 Å². The Hall–Kier alpha value is -4.57. The van der Waals surface area contributed by atoms with Crippen molar-refractivity contribution in [2.24, 2.45) is 0 Å². The first-order valence-electron chi connectivity index (χ1n) is 11.3. The smallest absolute Gasteiger partial charge is 0.461 e. The molecule has 0 unspecified atom stereocenters. The molecule has 0 saturated heterocycles. The molecular weight excluding hydrogens is 522 g/mol. The Labute approximate surface area is 222 Å². The van der Waals surface area contributed by atoms with Gasteiger partial charge in [0.05, 0.1) is 26.4 Å². The number of hydrogen-bond acceptors (Lipinski definition) is 13. The number of benzene rings is 1. The molecule has 2 rings (SSSR count). The summed E-state index contributed by atoms with van der Waals surface area (Å²) < 4.78 is 34.8. The van der Waals surface area contributed by atoms with Crippen LogP contribution in [-0.4, -0.2) is 50.9 Å². The maximum absolute atomic E-state index is 12.5. The molecule has 12 nitrogen and oxygen atoms in total. The third kappa shape index (κ3) is 9.47. The van der Waals surface area contributed by atoms with Crippen molar-refractivity contribution in [1.82, 2.24) is 0 Å². The first-order chi connectivity index (χ1) is 18.3. The maximum atomic E-state index is 12.5. The van der Waals surface area contributed by atoms with Gasteiger partial charge in [0.1, 0.15) is 11.6 Å². The monoisotopic (exact) mass is 547 g/mol. The summed E-state index contributed by atoms with van der Waals surface area (Å²) in [6, 6.07) is 7.79. The van der Waals surface area contributed by atoms with Crippen molar-refractivity contribution < 1.29 is 52.3 Å². The fourth-order valence-electron chi connectivity index (χ4n) is 2.72. The Balaban J connectivity index is 2.46. The normalized spacial score (nSPS) is 10.5. The number of carbonyl (C=O) groups is 4. The standard InChI is InChI=1S/C25H25NO11S/c1-4-31-23(28)35-19-13-16(12-17(15-26)22(27)34-10-9-18-8-7-11-38-18)14-20(36-24(29)32-5-2)21(19)37-25(30)33-6-3/h7-8,11-14H,4-6,9-10H2,1-3H3/b17-12+. The van der Waals surface area contributed by atoms with Gasteiger partial charge >= 0.3 is 24.4 Å². The third-order valence-corrected chi connectivity index (χ3v) is 5.15. The van der Waals surface area contributed by atoms with Crippen molar-refractivity contribution in [3.63, 3.8) is 0 Å². The van der Waals surface area contributed by atoms with Crippen LogP contribution in [-0.2, 0) is 30.2 Å². The molecule has 0 aliphatic carbocycles. The second-order valence-electron chi connectivity index (χ2n) is 6.84. The minimum Gasteiger partial charge on any atom is -0.461 e. The van der Waals surface area contributed by atoms with Crippen molar-refractivity contribution in [2.45, 2.75) is 27.2 Å². The van der Waals surface area contributed by atoms with E-state index in [0.717, 1.165) is 23.1 Å². The van der Waals surface area contributed by atoms with Crippen LogP contribution in [0.25, 0.3) is 6.08 Å². The molecule has 0 aliphatic rings. The third-order valence-electron chi connectivity index (χ3n) is 4.21. The molecule has 0 saturated carbocycles. The molecule has 0 atom stereocenters. The van der Waals surface area contributed by atoms with Crippen LogP contribution in [0.3, 0.4) is 0 Å². The van der Waals surface area contributed by atoms with E-state index in [0.29, 0.717) is 6.42 Å². The molecule has 1 heterocycles. The molecule has 1 aromatic carbocycles. The van der Waals surface area contributed by atoms with Gasteiger partial charge in [-0.2, -0.15) is 5.26 Å². The summed E-state index contributed by atoms with van der Waals surface area (Å²) in [4.78, 5) is 49.6. The molecule has 0 radical (unpaired) electrons. The summed E-state index contributed by atoms with van der Waals surface area (Å²) >= 11 is 1.50. The van der Waals surface area contributed by atoms with Gasteiger partial charge in [-0.1, -0.05) is 6.07 Å². The topological polar surface area (TPSA) is 157 Å². The molecule has 0 amide bonds. The second kappa shape index (κ2) is 15.5. The van der Waals surface area contributed by atoms with Gasteiger partial charge in [-0.25, -0.2) is 19.2 Å². The minimum atomic E-state index is -1.19. The lowest BCUT2D eigenvalue weighted by atomic mass is 10.1. The Bertz CT molecular complexity index is 1160. The lowest BCUT2D eigenvalue weighted by molar-refractivity contribution is -0.138. The summed E-state index contributed by atoms with van der Waals surface area (Å²) in [5.41, 5.74) is -0.356. The van der Waals surface area contributed by atoms with Crippen molar-refractivity contribution in [3.05, 3.63) is 45.7 Å². The maximum Gasteiger partial charge on any atom is 0.514 e. The fourth-order valence-corrected chi connectivity index (χ4v) is 3.41. The number of rotatable bonds is 11. The Morgan fingerprint density at radius 3 is 1.89 bits per heavy atom. The van der Waals surface area contributed by atoms with E-state index in [1.165, 1.54) is 32.1 Å². The van der Waals surface area contributed by atoms with Crippen molar-refractivity contribution in [3.8, 4) is 23.3 Å². The van der Waals surface area contributed by atoms with Crippen LogP contribution in [0.5, 0.6) is 17.2 Å². The molecule has 0 fully saturated rings. The largest absolute Gasteiger partial charge is 0.514 e. The molecule has 0 N–H and O–H groups in total. The van der Waals surface area contributed by atoms with Crippen molar-refractivity contribution in [1.29, 1.82) is 5.26 Å². The van der Waals surface area contributed by atoms with Gasteiger partial charge in [0.15, 0.2) is 11.5 Å². The number of esters is 1. The number of nitrogens with zero attached hydrogens (tertiary/aromatic N) is 1. The molecule has 0 spiro atoms. The van der Waals surface area contributed by atoms with E-state index in [-0.39, 0.29) is 32.0 Å². The minimum absolute atomic E-state index is 0.0332. The SMILES string of the molecule is CCOC(=O)Oc1cc(/C=C(\C#N)C(=O)OCCc2cccs2)cc(OC(=O)OCC)c1OC(=O)OCC. The van der Waals surface area contributed by atoms with Crippen LogP contribution in [0.4, 0.5) is 14.4 Å². The first-order valence-corrected chi connectivity index (χ1v) is 12.2. The average molecular weight is 548 g/mol. The highest BCUT2D eigenvalue weighted by Crippen LogP contribution is 2.40. The molecule has 0 aliphatic heterocycles. The zero-order valence-corrected chi connectivity index (χ0v) is 21.7. The fraction of sp³-hybridized carbons (Fsp3) is 0.320. The molecule has 13 heteroatoms. The summed E-state index contributed by atoms with van der Waals surface area (Å²) in [6.07, 6.45) is -1.95. The van der Waals surface area contributed by atoms with Gasteiger partial charge in [-0.05, 0) is 56.0 Å². The Morgan fingerprint density at radius 2 is 1.42 bits per heavy atom. The quantitative estimate of drug-likeness (QED) is 0.121. The molecule has 202 valence electrons. The van der Waals surface area contributed by atoms with E-state index in [4.69, 9.17) is 33.2 Å². The summed E-state index contributed by atoms with van der Waals surface area (Å²) in [7, 11) is 0. The average Bonchev–Trinajstić information content (AvgIpc) is 3.38. The predicted molar refractivity (Wildman–Crippen MR) is 132 cm³/mol. The number of ether oxygens (including phenoxy) is 7. The van der Waals surface area contributed by atoms with Gasteiger partial charge in [0.25, 0.3) is 0 Å². The van der Waals surface area contributed by atoms with E-state index in [1.54, 1.807) is 6.07 Å². The zero-order valence-electron chi connectivity index (χ0n) is 20.8. The number of nitriles is 1. The highest BCUT2D eigenvalue weighted by atomic mass is 32.1. The first kappa shape index (κ1) is 29.7. The zero-order chi connectivity index (χ0) is 27.9. The van der Waals surface area contributed by atoms with Crippen molar-refractivity contribution >= 4 is 41.8 Å². The molecular formula is C25H25NO11S. The van der Waals surface area contributed by atoms with E-state index >= 15 is 0 Å². The molecule has 0 bridgehead atoms. The van der Waals surface area contributed by atoms with E-state index < -0.39 is 47.3 Å². The number of thiophene rings is 1. The summed E-state index contributed by atoms with van der Waals surface area (Å²) in [5, 5.41) is 11.4. The molecule has 1 aromatic heterocycles. The van der Waals surface area contributed by atoms with Gasteiger partial charge in [-0.3, -0.25) is 0 Å². The predicted octanol–water partition coefficient (Wildman–Crippen LogP) is 5.05. The van der Waals surface area contributed by atoms with Crippen LogP contribution in [0, 0.1) is 11.3 Å². The summed E-state index contributed by atoms with van der Waals surface area (Å²) in [5.74, 6) is -2.30. The Kier molecular flexibility index (Phi) is 12.1. The highest BCUT2D eigenvalue weighted by molar-refractivity contribution is 7.09. The van der Waals surface area contributed by atoms with Gasteiger partial charge in [0, 0.05) is 11.3 Å². The Morgan fingerprint density at radius 1 is 0.868 bits per heavy atom. The van der Waals surface area contributed by atoms with Crippen molar-refractivity contribution in [2.75, 3.05) is 26.4 Å². The van der Waals surface area contributed by atoms with E-state index in [9.17, 15) is 24.4 Å². The van der Waals surface area contributed by atoms with Gasteiger partial charge in [0.2, 0.25) is 5.75 Å². The van der Waals surface area contributed by atoms with Crippen LogP contribution < -0.4 is 14.2 Å². The molecule has 2 aromatic rings. The second-order valence-corrected chi connectivity index (χ2v) is 7.87. The van der Waals surface area contributed by atoms with Gasteiger partial charge in [-0.15, -0.1) is 11.3 Å². The lowest BCUT2D eigenvalue weighted by Crippen LogP contribution is -2.17. The van der Waals surface area contributed by atoms with E-state index in [2.05, 4.69) is 0 Å². The van der Waals surface area contributed by atoms with Gasteiger partial charge < -0.3 is 33.2 Å². The molecule has 38 heavy (non-hydrogen) atoms. The van der Waals surface area contributed by atoms with Crippen LogP contribution in [0.1, 0.15) is 31.2 Å². The van der Waals surface area contributed by atoms with Crippen LogP contribution >= 0.6 is 11.3 Å². The highest BCUT2D eigenvalue weighted by Gasteiger charge is 2.24. The van der Waals surface area contributed by atoms with Crippen LogP contribution in [0.2, 0.25) is 0 Å². The number of carbonyl (C=O) groups excluding carboxylic acids is 4. The lowest BCUT2D eigenvalue weighted by Gasteiger charge is -2.15. The van der Waals surface area contributed by atoms with Crippen LogP contribution in [0.15, 0.2) is 35.2 Å².